The van der Waals surface area contributed by atoms with E-state index in [0.29, 0.717) is 48.7 Å². The average molecular weight is 341 g/mol. The van der Waals surface area contributed by atoms with E-state index < -0.39 is 0 Å². The summed E-state index contributed by atoms with van der Waals surface area (Å²) in [6.45, 7) is 3.71. The van der Waals surface area contributed by atoms with Crippen LogP contribution in [0.1, 0.15) is 18.4 Å². The molecule has 1 aromatic carbocycles. The van der Waals surface area contributed by atoms with Crippen molar-refractivity contribution in [3.63, 3.8) is 0 Å². The molecule has 0 unspecified atom stereocenters. The first-order valence-corrected chi connectivity index (χ1v) is 8.27. The highest BCUT2D eigenvalue weighted by atomic mass is 35.5. The van der Waals surface area contributed by atoms with E-state index in [1.54, 1.807) is 6.07 Å². The fourth-order valence-electron chi connectivity index (χ4n) is 2.61. The number of carbonyl (C=O) groups excluding carboxylic acids is 1. The Morgan fingerprint density at radius 3 is 2.91 bits per heavy atom. The Hall–Kier alpha value is -1.66. The average Bonchev–Trinajstić information content (AvgIpc) is 2.95. The Bertz CT molecular complexity index is 561. The predicted octanol–water partition coefficient (Wildman–Crippen LogP) is 2.34. The molecule has 0 spiro atoms. The van der Waals surface area contributed by atoms with Crippen molar-refractivity contribution < 1.29 is 19.0 Å². The van der Waals surface area contributed by atoms with Gasteiger partial charge in [0.25, 0.3) is 0 Å². The molecule has 1 atom stereocenters. The Kier molecular flexibility index (Phi) is 5.46. The summed E-state index contributed by atoms with van der Waals surface area (Å²) in [5.41, 5.74) is 0.874. The second-order valence-electron chi connectivity index (χ2n) is 5.75. The molecule has 0 aromatic heterocycles. The van der Waals surface area contributed by atoms with E-state index in [1.807, 2.05) is 6.07 Å². The molecule has 1 fully saturated rings. The van der Waals surface area contributed by atoms with Crippen LogP contribution in [0, 0.1) is 5.92 Å². The van der Waals surface area contributed by atoms with Gasteiger partial charge in [0, 0.05) is 32.0 Å². The first-order valence-electron chi connectivity index (χ1n) is 7.90. The zero-order chi connectivity index (χ0) is 16.1. The van der Waals surface area contributed by atoms with Crippen LogP contribution in [0.4, 0.5) is 4.79 Å². The summed E-state index contributed by atoms with van der Waals surface area (Å²) in [4.78, 5) is 11.8. The lowest BCUT2D eigenvalue weighted by molar-refractivity contribution is 0.185. The maximum atomic E-state index is 11.8. The summed E-state index contributed by atoms with van der Waals surface area (Å²) in [6.07, 6.45) is 1.82. The first kappa shape index (κ1) is 16.2. The minimum atomic E-state index is -0.194. The molecule has 23 heavy (non-hydrogen) atoms. The number of hydrogen-bond donors (Lipinski definition) is 2. The Balaban J connectivity index is 1.52. The maximum Gasteiger partial charge on any atom is 0.315 e. The third kappa shape index (κ3) is 4.42. The van der Waals surface area contributed by atoms with Gasteiger partial charge in [-0.05, 0) is 24.1 Å². The number of halogens is 1. The Morgan fingerprint density at radius 1 is 1.22 bits per heavy atom. The van der Waals surface area contributed by atoms with Crippen molar-refractivity contribution in [3.8, 4) is 11.5 Å². The molecular formula is C16H21ClN2O4. The van der Waals surface area contributed by atoms with Crippen molar-refractivity contribution >= 4 is 17.6 Å². The topological polar surface area (TPSA) is 68.8 Å². The van der Waals surface area contributed by atoms with E-state index in [4.69, 9.17) is 25.8 Å². The summed E-state index contributed by atoms with van der Waals surface area (Å²) in [5, 5.41) is 6.19. The summed E-state index contributed by atoms with van der Waals surface area (Å²) in [7, 11) is 0. The molecule has 7 heteroatoms. The van der Waals surface area contributed by atoms with E-state index >= 15 is 0 Å². The van der Waals surface area contributed by atoms with E-state index in [0.717, 1.165) is 31.6 Å². The molecule has 2 N–H and O–H groups in total. The molecule has 0 radical (unpaired) electrons. The molecule has 2 amide bonds. The van der Waals surface area contributed by atoms with Crippen LogP contribution in [0.2, 0.25) is 5.02 Å². The number of nitrogens with one attached hydrogen (secondary N) is 2. The van der Waals surface area contributed by atoms with Crippen LogP contribution in [-0.2, 0) is 11.3 Å². The molecule has 126 valence electrons. The number of benzene rings is 1. The number of urea groups is 1. The van der Waals surface area contributed by atoms with Crippen LogP contribution in [0.15, 0.2) is 12.1 Å². The highest BCUT2D eigenvalue weighted by molar-refractivity contribution is 6.32. The van der Waals surface area contributed by atoms with Gasteiger partial charge in [-0.3, -0.25) is 0 Å². The largest absolute Gasteiger partial charge is 0.489 e. The summed E-state index contributed by atoms with van der Waals surface area (Å²) < 4.78 is 16.5. The van der Waals surface area contributed by atoms with Crippen LogP contribution < -0.4 is 20.1 Å². The molecule has 1 saturated heterocycles. The summed E-state index contributed by atoms with van der Waals surface area (Å²) in [5.74, 6) is 1.63. The summed E-state index contributed by atoms with van der Waals surface area (Å²) in [6, 6.07) is 3.46. The van der Waals surface area contributed by atoms with Gasteiger partial charge in [-0.2, -0.15) is 0 Å². The van der Waals surface area contributed by atoms with Crippen LogP contribution in [0.3, 0.4) is 0 Å². The highest BCUT2D eigenvalue weighted by Gasteiger charge is 2.17. The van der Waals surface area contributed by atoms with Gasteiger partial charge in [-0.25, -0.2) is 4.79 Å². The smallest absolute Gasteiger partial charge is 0.315 e. The van der Waals surface area contributed by atoms with Gasteiger partial charge in [0.1, 0.15) is 0 Å². The molecule has 0 saturated carbocycles. The first-order chi connectivity index (χ1) is 11.2. The normalized spacial score (nSPS) is 20.0. The molecular weight excluding hydrogens is 320 g/mol. The third-order valence-corrected chi connectivity index (χ3v) is 4.17. The zero-order valence-corrected chi connectivity index (χ0v) is 13.7. The Morgan fingerprint density at radius 2 is 2.09 bits per heavy atom. The second kappa shape index (κ2) is 7.75. The zero-order valence-electron chi connectivity index (χ0n) is 12.9. The highest BCUT2D eigenvalue weighted by Crippen LogP contribution is 2.37. The summed E-state index contributed by atoms with van der Waals surface area (Å²) >= 11 is 6.24. The molecule has 2 heterocycles. The lowest BCUT2D eigenvalue weighted by atomic mass is 10.1. The number of hydrogen-bond acceptors (Lipinski definition) is 4. The van der Waals surface area contributed by atoms with E-state index in [2.05, 4.69) is 10.6 Å². The van der Waals surface area contributed by atoms with Crippen molar-refractivity contribution in [1.29, 1.82) is 0 Å². The van der Waals surface area contributed by atoms with Gasteiger partial charge < -0.3 is 24.8 Å². The minimum absolute atomic E-state index is 0.194. The SMILES string of the molecule is O=C(NCc1cc(Cl)c2c(c1)OCCCO2)NC[C@H]1CCOC1. The number of fused-ring (bicyclic) bond motifs is 1. The minimum Gasteiger partial charge on any atom is -0.489 e. The van der Waals surface area contributed by atoms with Gasteiger partial charge in [-0.15, -0.1) is 0 Å². The van der Waals surface area contributed by atoms with E-state index in [1.165, 1.54) is 0 Å². The molecule has 0 aliphatic carbocycles. The van der Waals surface area contributed by atoms with Gasteiger partial charge in [-0.1, -0.05) is 11.6 Å². The number of ether oxygens (including phenoxy) is 3. The standard InChI is InChI=1S/C16H21ClN2O4/c17-13-6-12(7-14-15(13)23-4-1-3-22-14)9-19-16(20)18-8-11-2-5-21-10-11/h6-7,11H,1-5,8-10H2,(H2,18,19,20)/t11-/m1/s1. The van der Waals surface area contributed by atoms with E-state index in [9.17, 15) is 4.79 Å². The second-order valence-corrected chi connectivity index (χ2v) is 6.16. The maximum absolute atomic E-state index is 11.8. The van der Waals surface area contributed by atoms with Crippen molar-refractivity contribution in [2.45, 2.75) is 19.4 Å². The fourth-order valence-corrected chi connectivity index (χ4v) is 2.90. The van der Waals surface area contributed by atoms with Crippen LogP contribution in [-0.4, -0.2) is 39.0 Å². The third-order valence-electron chi connectivity index (χ3n) is 3.89. The monoisotopic (exact) mass is 340 g/mol. The number of carbonyl (C=O) groups is 1. The molecule has 0 bridgehead atoms. The van der Waals surface area contributed by atoms with Gasteiger partial charge in [0.2, 0.25) is 0 Å². The Labute approximate surface area is 140 Å². The molecule has 6 nitrogen and oxygen atoms in total. The van der Waals surface area contributed by atoms with Crippen LogP contribution in [0.25, 0.3) is 0 Å². The number of rotatable bonds is 4. The van der Waals surface area contributed by atoms with Gasteiger partial charge in [0.15, 0.2) is 11.5 Å². The predicted molar refractivity (Wildman–Crippen MR) is 86.2 cm³/mol. The molecule has 3 rings (SSSR count). The van der Waals surface area contributed by atoms with Crippen LogP contribution >= 0.6 is 11.6 Å². The fraction of sp³-hybridized carbons (Fsp3) is 0.562. The molecule has 2 aliphatic heterocycles. The van der Waals surface area contributed by atoms with E-state index in [-0.39, 0.29) is 6.03 Å². The van der Waals surface area contributed by atoms with Crippen LogP contribution in [0.5, 0.6) is 11.5 Å². The lowest BCUT2D eigenvalue weighted by Gasteiger charge is -2.13. The number of amides is 2. The lowest BCUT2D eigenvalue weighted by Crippen LogP contribution is -2.38. The molecule has 2 aliphatic rings. The van der Waals surface area contributed by atoms with Gasteiger partial charge in [0.05, 0.1) is 24.8 Å². The van der Waals surface area contributed by atoms with Crippen molar-refractivity contribution in [2.24, 2.45) is 5.92 Å². The van der Waals surface area contributed by atoms with Crippen molar-refractivity contribution in [1.82, 2.24) is 10.6 Å². The van der Waals surface area contributed by atoms with Crippen molar-refractivity contribution in [2.75, 3.05) is 33.0 Å². The van der Waals surface area contributed by atoms with Crippen molar-refractivity contribution in [3.05, 3.63) is 22.7 Å². The van der Waals surface area contributed by atoms with Gasteiger partial charge >= 0.3 is 6.03 Å². The quantitative estimate of drug-likeness (QED) is 0.882. The molecule has 1 aromatic rings.